The average molecular weight is 269 g/mol. The predicted molar refractivity (Wildman–Crippen MR) is 71.8 cm³/mol. The molecule has 0 saturated heterocycles. The third-order valence-corrected chi connectivity index (χ3v) is 2.73. The van der Waals surface area contributed by atoms with Gasteiger partial charge in [0.1, 0.15) is 5.82 Å². The topological polar surface area (TPSA) is 91.2 Å². The number of carbonyl (C=O) groups is 1. The highest BCUT2D eigenvalue weighted by molar-refractivity contribution is 5.88. The normalized spacial score (nSPS) is 10.6. The van der Waals surface area contributed by atoms with E-state index in [1.807, 2.05) is 24.3 Å². The number of nitrogen functional groups attached to an aromatic ring is 1. The van der Waals surface area contributed by atoms with Crippen LogP contribution in [0.4, 0.5) is 5.82 Å². The first kappa shape index (κ1) is 12.2. The molecule has 3 aromatic rings. The van der Waals surface area contributed by atoms with Crippen molar-refractivity contribution in [3.8, 4) is 0 Å². The van der Waals surface area contributed by atoms with Gasteiger partial charge in [0.2, 0.25) is 5.76 Å². The number of esters is 1. The molecule has 0 bridgehead atoms. The Hall–Kier alpha value is -2.89. The predicted octanol–water partition coefficient (Wildman–Crippen LogP) is 2.16. The number of ether oxygens (including phenoxy) is 1. The van der Waals surface area contributed by atoms with Gasteiger partial charge in [-0.05, 0) is 24.3 Å². The van der Waals surface area contributed by atoms with Gasteiger partial charge in [-0.1, -0.05) is 12.1 Å². The molecule has 3 rings (SSSR count). The van der Waals surface area contributed by atoms with Crippen LogP contribution < -0.4 is 5.73 Å². The molecule has 0 amide bonds. The third-order valence-electron chi connectivity index (χ3n) is 2.73. The standard InChI is InChI=1S/C14H11N3O3/c15-13-9-4-1-2-5-10(9)16-12(17-13)8-20-14(18)11-6-3-7-19-11/h1-7H,8H2,(H2,15,16,17). The second-order valence-corrected chi connectivity index (χ2v) is 4.10. The van der Waals surface area contributed by atoms with Gasteiger partial charge in [0.05, 0.1) is 11.8 Å². The van der Waals surface area contributed by atoms with E-state index in [4.69, 9.17) is 14.9 Å². The maximum atomic E-state index is 11.6. The molecule has 2 heterocycles. The molecular weight excluding hydrogens is 258 g/mol. The lowest BCUT2D eigenvalue weighted by Gasteiger charge is -2.05. The molecule has 0 saturated carbocycles. The summed E-state index contributed by atoms with van der Waals surface area (Å²) in [4.78, 5) is 20.0. The molecule has 0 aliphatic carbocycles. The Morgan fingerprint density at radius 3 is 2.85 bits per heavy atom. The van der Waals surface area contributed by atoms with Crippen LogP contribution in [0.2, 0.25) is 0 Å². The molecule has 1 aromatic carbocycles. The summed E-state index contributed by atoms with van der Waals surface area (Å²) in [6, 6.07) is 10.5. The van der Waals surface area contributed by atoms with E-state index in [0.717, 1.165) is 5.39 Å². The van der Waals surface area contributed by atoms with Crippen molar-refractivity contribution in [3.63, 3.8) is 0 Å². The highest BCUT2D eigenvalue weighted by atomic mass is 16.5. The van der Waals surface area contributed by atoms with Crippen LogP contribution in [0.25, 0.3) is 10.9 Å². The van der Waals surface area contributed by atoms with Crippen molar-refractivity contribution < 1.29 is 13.9 Å². The van der Waals surface area contributed by atoms with Gasteiger partial charge in [-0.25, -0.2) is 14.8 Å². The first-order valence-electron chi connectivity index (χ1n) is 5.96. The smallest absolute Gasteiger partial charge is 0.374 e. The van der Waals surface area contributed by atoms with Crippen molar-refractivity contribution in [2.75, 3.05) is 5.73 Å². The highest BCUT2D eigenvalue weighted by Gasteiger charge is 2.12. The van der Waals surface area contributed by atoms with E-state index in [0.29, 0.717) is 17.2 Å². The minimum Gasteiger partial charge on any atom is -0.457 e. The fraction of sp³-hybridized carbons (Fsp3) is 0.0714. The van der Waals surface area contributed by atoms with Crippen LogP contribution >= 0.6 is 0 Å². The molecule has 0 unspecified atom stereocenters. The van der Waals surface area contributed by atoms with Crippen molar-refractivity contribution in [3.05, 3.63) is 54.2 Å². The number of fused-ring (bicyclic) bond motifs is 1. The summed E-state index contributed by atoms with van der Waals surface area (Å²) in [5, 5.41) is 0.772. The molecule has 0 aliphatic rings. The molecule has 6 nitrogen and oxygen atoms in total. The number of rotatable bonds is 3. The summed E-state index contributed by atoms with van der Waals surface area (Å²) in [5.74, 6) is 0.282. The lowest BCUT2D eigenvalue weighted by Crippen LogP contribution is -2.08. The quantitative estimate of drug-likeness (QED) is 0.732. The van der Waals surface area contributed by atoms with Gasteiger partial charge in [0.15, 0.2) is 12.4 Å². The summed E-state index contributed by atoms with van der Waals surface area (Å²) in [6.45, 7) is -0.0609. The van der Waals surface area contributed by atoms with Crippen molar-refractivity contribution >= 4 is 22.7 Å². The average Bonchev–Trinajstić information content (AvgIpc) is 2.99. The number of hydrogen-bond donors (Lipinski definition) is 1. The first-order valence-corrected chi connectivity index (χ1v) is 5.96. The molecule has 2 N–H and O–H groups in total. The number of furan rings is 1. The zero-order valence-corrected chi connectivity index (χ0v) is 10.4. The Morgan fingerprint density at radius 1 is 1.20 bits per heavy atom. The fourth-order valence-electron chi connectivity index (χ4n) is 1.81. The van der Waals surface area contributed by atoms with E-state index in [-0.39, 0.29) is 12.4 Å². The monoisotopic (exact) mass is 269 g/mol. The van der Waals surface area contributed by atoms with Crippen LogP contribution in [0.1, 0.15) is 16.4 Å². The number of benzene rings is 1. The highest BCUT2D eigenvalue weighted by Crippen LogP contribution is 2.17. The number of aromatic nitrogens is 2. The van der Waals surface area contributed by atoms with E-state index < -0.39 is 5.97 Å². The van der Waals surface area contributed by atoms with Gasteiger partial charge in [-0.15, -0.1) is 0 Å². The Morgan fingerprint density at radius 2 is 2.05 bits per heavy atom. The molecule has 20 heavy (non-hydrogen) atoms. The molecule has 0 fully saturated rings. The maximum absolute atomic E-state index is 11.6. The molecule has 2 aromatic heterocycles. The van der Waals surface area contributed by atoms with Gasteiger partial charge in [0, 0.05) is 5.39 Å². The Labute approximate surface area is 114 Å². The van der Waals surface area contributed by atoms with E-state index >= 15 is 0 Å². The summed E-state index contributed by atoms with van der Waals surface area (Å²) < 4.78 is 10.0. The maximum Gasteiger partial charge on any atom is 0.374 e. The molecule has 0 spiro atoms. The number of carbonyl (C=O) groups excluding carboxylic acids is 1. The number of nitrogens with two attached hydrogens (primary N) is 1. The summed E-state index contributed by atoms with van der Waals surface area (Å²) in [5.41, 5.74) is 6.56. The van der Waals surface area contributed by atoms with Crippen molar-refractivity contribution in [1.29, 1.82) is 0 Å². The van der Waals surface area contributed by atoms with E-state index in [2.05, 4.69) is 9.97 Å². The van der Waals surface area contributed by atoms with Crippen molar-refractivity contribution in [2.45, 2.75) is 6.61 Å². The van der Waals surface area contributed by atoms with E-state index in [1.165, 1.54) is 12.3 Å². The van der Waals surface area contributed by atoms with Gasteiger partial charge < -0.3 is 14.9 Å². The first-order chi connectivity index (χ1) is 9.74. The number of para-hydroxylation sites is 1. The third kappa shape index (κ3) is 2.31. The van der Waals surface area contributed by atoms with Crippen LogP contribution in [0.5, 0.6) is 0 Å². The molecule has 0 aliphatic heterocycles. The van der Waals surface area contributed by atoms with Crippen LogP contribution in [0.15, 0.2) is 47.1 Å². The van der Waals surface area contributed by atoms with Gasteiger partial charge >= 0.3 is 5.97 Å². The molecule has 100 valence electrons. The Kier molecular flexibility index (Phi) is 3.04. The minimum absolute atomic E-state index is 0.0609. The minimum atomic E-state index is -0.565. The van der Waals surface area contributed by atoms with Crippen LogP contribution in [0, 0.1) is 0 Å². The summed E-state index contributed by atoms with van der Waals surface area (Å²) in [6.07, 6.45) is 1.40. The fourth-order valence-corrected chi connectivity index (χ4v) is 1.81. The second kappa shape index (κ2) is 5.00. The van der Waals surface area contributed by atoms with Gasteiger partial charge in [-0.2, -0.15) is 0 Å². The Balaban J connectivity index is 1.79. The summed E-state index contributed by atoms with van der Waals surface area (Å²) in [7, 11) is 0. The van der Waals surface area contributed by atoms with Crippen LogP contribution in [-0.2, 0) is 11.3 Å². The summed E-state index contributed by atoms with van der Waals surface area (Å²) >= 11 is 0. The molecular formula is C14H11N3O3. The lowest BCUT2D eigenvalue weighted by atomic mass is 10.2. The zero-order valence-electron chi connectivity index (χ0n) is 10.4. The van der Waals surface area contributed by atoms with E-state index in [9.17, 15) is 4.79 Å². The van der Waals surface area contributed by atoms with E-state index in [1.54, 1.807) is 6.07 Å². The number of nitrogens with zero attached hydrogens (tertiary/aromatic N) is 2. The van der Waals surface area contributed by atoms with Crippen molar-refractivity contribution in [2.24, 2.45) is 0 Å². The SMILES string of the molecule is Nc1nc(COC(=O)c2ccco2)nc2ccccc12. The Bertz CT molecular complexity index is 753. The number of anilines is 1. The van der Waals surface area contributed by atoms with Gasteiger partial charge in [0.25, 0.3) is 0 Å². The van der Waals surface area contributed by atoms with Crippen molar-refractivity contribution in [1.82, 2.24) is 9.97 Å². The largest absolute Gasteiger partial charge is 0.457 e. The number of hydrogen-bond acceptors (Lipinski definition) is 6. The molecule has 0 radical (unpaired) electrons. The zero-order chi connectivity index (χ0) is 13.9. The van der Waals surface area contributed by atoms with Gasteiger partial charge in [-0.3, -0.25) is 0 Å². The molecule has 6 heteroatoms. The molecule has 0 atom stereocenters. The van der Waals surface area contributed by atoms with Crippen LogP contribution in [0.3, 0.4) is 0 Å². The van der Waals surface area contributed by atoms with Crippen LogP contribution in [-0.4, -0.2) is 15.9 Å². The lowest BCUT2D eigenvalue weighted by molar-refractivity contribution is 0.0426. The second-order valence-electron chi connectivity index (χ2n) is 4.10.